The molecule has 1 saturated carbocycles. The molecule has 0 saturated heterocycles. The third-order valence-electron chi connectivity index (χ3n) is 4.79. The van der Waals surface area contributed by atoms with Gasteiger partial charge in [-0.1, -0.05) is 42.5 Å². The minimum absolute atomic E-state index is 0.0440. The maximum Gasteiger partial charge on any atom is 0.228 e. The molecule has 2 atom stereocenters. The quantitative estimate of drug-likeness (QED) is 0.647. The lowest BCUT2D eigenvalue weighted by atomic mass is 10.0. The van der Waals surface area contributed by atoms with Crippen LogP contribution in [-0.4, -0.2) is 5.91 Å². The highest BCUT2D eigenvalue weighted by atomic mass is 19.1. The summed E-state index contributed by atoms with van der Waals surface area (Å²) in [4.78, 5) is 12.6. The van der Waals surface area contributed by atoms with Crippen LogP contribution in [0.2, 0.25) is 0 Å². The summed E-state index contributed by atoms with van der Waals surface area (Å²) in [5, 5.41) is 2.61. The van der Waals surface area contributed by atoms with Crippen molar-refractivity contribution < 1.29 is 18.0 Å². The van der Waals surface area contributed by atoms with E-state index in [-0.39, 0.29) is 34.8 Å². The van der Waals surface area contributed by atoms with Gasteiger partial charge in [0.1, 0.15) is 17.5 Å². The summed E-state index contributed by atoms with van der Waals surface area (Å²) in [7, 11) is 0. The average Bonchev–Trinajstić information content (AvgIpc) is 3.45. The standard InChI is InChI=1S/C22H16F3NO/c23-15-8-4-7-14(9-15)17-12-19(17)22(27)26-21-18(10-16(24)11-20(21)25)13-5-2-1-3-6-13/h1-11,17,19H,12H2,(H,26,27)/t17-,19-/m1/s1. The summed E-state index contributed by atoms with van der Waals surface area (Å²) in [6.07, 6.45) is 0.568. The Morgan fingerprint density at radius 3 is 2.41 bits per heavy atom. The van der Waals surface area contributed by atoms with Crippen molar-refractivity contribution in [3.63, 3.8) is 0 Å². The highest BCUT2D eigenvalue weighted by Crippen LogP contribution is 2.48. The van der Waals surface area contributed by atoms with Crippen molar-refractivity contribution in [2.75, 3.05) is 5.32 Å². The van der Waals surface area contributed by atoms with Gasteiger partial charge >= 0.3 is 0 Å². The number of halogens is 3. The van der Waals surface area contributed by atoms with Gasteiger partial charge in [0.2, 0.25) is 5.91 Å². The minimum atomic E-state index is -0.829. The number of nitrogens with one attached hydrogen (secondary N) is 1. The average molecular weight is 367 g/mol. The van der Waals surface area contributed by atoms with E-state index < -0.39 is 11.6 Å². The highest BCUT2D eigenvalue weighted by Gasteiger charge is 2.44. The molecule has 27 heavy (non-hydrogen) atoms. The summed E-state index contributed by atoms with van der Waals surface area (Å²) < 4.78 is 41.5. The third kappa shape index (κ3) is 3.58. The molecule has 0 spiro atoms. The Labute approximate surface area is 154 Å². The Bertz CT molecular complexity index is 1000. The van der Waals surface area contributed by atoms with Crippen LogP contribution in [0.3, 0.4) is 0 Å². The van der Waals surface area contributed by atoms with E-state index in [4.69, 9.17) is 0 Å². The SMILES string of the molecule is O=C(Nc1c(F)cc(F)cc1-c1ccccc1)[C@@H]1C[C@@H]1c1cccc(F)c1. The number of carbonyl (C=O) groups is 1. The molecule has 4 rings (SSSR count). The molecule has 136 valence electrons. The van der Waals surface area contributed by atoms with E-state index in [1.807, 2.05) is 0 Å². The number of hydrogen-bond acceptors (Lipinski definition) is 1. The smallest absolute Gasteiger partial charge is 0.228 e. The van der Waals surface area contributed by atoms with Crippen LogP contribution in [0.1, 0.15) is 17.9 Å². The van der Waals surface area contributed by atoms with Gasteiger partial charge in [0.15, 0.2) is 0 Å². The maximum absolute atomic E-state index is 14.4. The summed E-state index contributed by atoms with van der Waals surface area (Å²) in [6.45, 7) is 0. The van der Waals surface area contributed by atoms with Crippen molar-refractivity contribution in [1.29, 1.82) is 0 Å². The largest absolute Gasteiger partial charge is 0.323 e. The molecule has 0 heterocycles. The number of hydrogen-bond donors (Lipinski definition) is 1. The molecule has 5 heteroatoms. The fraction of sp³-hybridized carbons (Fsp3) is 0.136. The maximum atomic E-state index is 14.4. The van der Waals surface area contributed by atoms with Crippen LogP contribution < -0.4 is 5.32 Å². The molecular formula is C22H16F3NO. The summed E-state index contributed by atoms with van der Waals surface area (Å²) in [5.74, 6) is -2.70. The van der Waals surface area contributed by atoms with Gasteiger partial charge in [0, 0.05) is 17.5 Å². The fourth-order valence-electron chi connectivity index (χ4n) is 3.35. The van der Waals surface area contributed by atoms with Crippen molar-refractivity contribution in [2.24, 2.45) is 5.92 Å². The van der Waals surface area contributed by atoms with Gasteiger partial charge in [-0.2, -0.15) is 0 Å². The molecule has 0 bridgehead atoms. The zero-order valence-corrected chi connectivity index (χ0v) is 14.3. The second kappa shape index (κ2) is 6.91. The zero-order chi connectivity index (χ0) is 19.0. The zero-order valence-electron chi connectivity index (χ0n) is 14.3. The Morgan fingerprint density at radius 1 is 0.889 bits per heavy atom. The highest BCUT2D eigenvalue weighted by molar-refractivity contribution is 5.99. The van der Waals surface area contributed by atoms with Crippen LogP contribution in [0, 0.1) is 23.4 Å². The monoisotopic (exact) mass is 367 g/mol. The molecule has 0 aromatic heterocycles. The van der Waals surface area contributed by atoms with Crippen LogP contribution in [0.15, 0.2) is 66.7 Å². The van der Waals surface area contributed by atoms with Crippen LogP contribution in [0.25, 0.3) is 11.1 Å². The molecule has 3 aromatic carbocycles. The van der Waals surface area contributed by atoms with Crippen LogP contribution in [0.4, 0.5) is 18.9 Å². The summed E-state index contributed by atoms with van der Waals surface area (Å²) >= 11 is 0. The van der Waals surface area contributed by atoms with Gasteiger partial charge < -0.3 is 5.32 Å². The van der Waals surface area contributed by atoms with Crippen molar-refractivity contribution in [1.82, 2.24) is 0 Å². The Balaban J connectivity index is 1.59. The number of rotatable bonds is 4. The van der Waals surface area contributed by atoms with Crippen molar-refractivity contribution >= 4 is 11.6 Å². The first-order valence-electron chi connectivity index (χ1n) is 8.64. The molecule has 1 aliphatic rings. The summed E-state index contributed by atoms with van der Waals surface area (Å²) in [5.41, 5.74) is 1.59. The lowest BCUT2D eigenvalue weighted by Crippen LogP contribution is -2.16. The molecule has 0 aliphatic heterocycles. The third-order valence-corrected chi connectivity index (χ3v) is 4.79. The topological polar surface area (TPSA) is 29.1 Å². The second-order valence-electron chi connectivity index (χ2n) is 6.67. The first-order chi connectivity index (χ1) is 13.0. The van der Waals surface area contributed by atoms with Gasteiger partial charge in [0.05, 0.1) is 5.69 Å². The predicted molar refractivity (Wildman–Crippen MR) is 97.7 cm³/mol. The van der Waals surface area contributed by atoms with Gasteiger partial charge in [-0.3, -0.25) is 4.79 Å². The van der Waals surface area contributed by atoms with E-state index in [9.17, 15) is 18.0 Å². The van der Waals surface area contributed by atoms with Crippen LogP contribution in [0.5, 0.6) is 0 Å². The van der Waals surface area contributed by atoms with Gasteiger partial charge in [-0.05, 0) is 41.7 Å². The second-order valence-corrected chi connectivity index (χ2v) is 6.67. The predicted octanol–water partition coefficient (Wildman–Crippen LogP) is 5.51. The molecule has 0 radical (unpaired) electrons. The lowest BCUT2D eigenvalue weighted by Gasteiger charge is -2.13. The molecule has 1 amide bonds. The van der Waals surface area contributed by atoms with E-state index in [0.717, 1.165) is 11.6 Å². The van der Waals surface area contributed by atoms with Crippen molar-refractivity contribution in [2.45, 2.75) is 12.3 Å². The minimum Gasteiger partial charge on any atom is -0.323 e. The Kier molecular flexibility index (Phi) is 4.44. The van der Waals surface area contributed by atoms with Gasteiger partial charge in [-0.15, -0.1) is 0 Å². The van der Waals surface area contributed by atoms with E-state index in [2.05, 4.69) is 5.32 Å². The number of anilines is 1. The van der Waals surface area contributed by atoms with E-state index >= 15 is 0 Å². The lowest BCUT2D eigenvalue weighted by molar-refractivity contribution is -0.117. The summed E-state index contributed by atoms with van der Waals surface area (Å²) in [6, 6.07) is 16.8. The Morgan fingerprint density at radius 2 is 1.67 bits per heavy atom. The number of benzene rings is 3. The van der Waals surface area contributed by atoms with Gasteiger partial charge in [0.25, 0.3) is 0 Å². The van der Waals surface area contributed by atoms with Crippen molar-refractivity contribution in [3.8, 4) is 11.1 Å². The molecule has 1 N–H and O–H groups in total. The molecule has 1 aliphatic carbocycles. The number of amides is 1. The normalized spacial score (nSPS) is 18.2. The van der Waals surface area contributed by atoms with Crippen LogP contribution in [-0.2, 0) is 4.79 Å². The van der Waals surface area contributed by atoms with E-state index in [1.165, 1.54) is 18.2 Å². The molecule has 2 nitrogen and oxygen atoms in total. The molecule has 0 unspecified atom stereocenters. The van der Waals surface area contributed by atoms with E-state index in [1.54, 1.807) is 42.5 Å². The Hall–Kier alpha value is -3.08. The fourth-order valence-corrected chi connectivity index (χ4v) is 3.35. The molecular weight excluding hydrogens is 351 g/mol. The first-order valence-corrected chi connectivity index (χ1v) is 8.64. The molecule has 1 fully saturated rings. The van der Waals surface area contributed by atoms with E-state index in [0.29, 0.717) is 12.0 Å². The number of carbonyl (C=O) groups excluding carboxylic acids is 1. The van der Waals surface area contributed by atoms with Crippen molar-refractivity contribution in [3.05, 3.63) is 89.7 Å². The molecule has 3 aromatic rings. The van der Waals surface area contributed by atoms with Crippen LogP contribution >= 0.6 is 0 Å². The van der Waals surface area contributed by atoms with Gasteiger partial charge in [-0.25, -0.2) is 13.2 Å². The first kappa shape index (κ1) is 17.3.